The lowest BCUT2D eigenvalue weighted by molar-refractivity contribution is -0.132. The number of rotatable bonds is 6. The molecule has 1 atom stereocenters. The number of halogens is 5. The Morgan fingerprint density at radius 3 is 2.54 bits per heavy atom. The Kier molecular flexibility index (Phi) is 10.0. The lowest BCUT2D eigenvalue weighted by Crippen LogP contribution is -2.43. The predicted octanol–water partition coefficient (Wildman–Crippen LogP) is 4.21. The summed E-state index contributed by atoms with van der Waals surface area (Å²) in [5.74, 6) is 0.371. The number of nitrogens with one attached hydrogen (secondary N) is 2. The van der Waals surface area contributed by atoms with Crippen LogP contribution in [0.25, 0.3) is 0 Å². The standard InChI is InChI=1S/C17H24ClF3N4.HI/c1-22-16(23-8-7-17(19,20)21)24-12-15(25-9-2-3-10-25)13-5-4-6-14(18)11-13;/h4-6,11,15H,2-3,7-10,12H2,1H3,(H2,22,23,24);1H. The van der Waals surface area contributed by atoms with Crippen molar-refractivity contribution in [3.8, 4) is 0 Å². The first-order valence-electron chi connectivity index (χ1n) is 8.40. The van der Waals surface area contributed by atoms with E-state index in [1.54, 1.807) is 7.05 Å². The maximum absolute atomic E-state index is 12.3. The van der Waals surface area contributed by atoms with Gasteiger partial charge in [-0.1, -0.05) is 23.7 Å². The van der Waals surface area contributed by atoms with Crippen molar-refractivity contribution in [1.82, 2.24) is 15.5 Å². The summed E-state index contributed by atoms with van der Waals surface area (Å²) in [7, 11) is 1.55. The van der Waals surface area contributed by atoms with Crippen molar-refractivity contribution in [3.63, 3.8) is 0 Å². The molecule has 1 aromatic carbocycles. The third-order valence-corrected chi connectivity index (χ3v) is 4.44. The van der Waals surface area contributed by atoms with Gasteiger partial charge in [-0.25, -0.2) is 0 Å². The lowest BCUT2D eigenvalue weighted by Gasteiger charge is -2.29. The molecule has 1 aliphatic rings. The molecule has 0 aromatic heterocycles. The van der Waals surface area contributed by atoms with Crippen LogP contribution in [0.2, 0.25) is 5.02 Å². The minimum absolute atomic E-state index is 0. The quantitative estimate of drug-likeness (QED) is 0.346. The minimum Gasteiger partial charge on any atom is -0.356 e. The van der Waals surface area contributed by atoms with Gasteiger partial charge in [0.2, 0.25) is 0 Å². The van der Waals surface area contributed by atoms with E-state index >= 15 is 0 Å². The molecule has 26 heavy (non-hydrogen) atoms. The maximum atomic E-state index is 12.3. The second-order valence-corrected chi connectivity index (χ2v) is 6.50. The number of guanidine groups is 1. The molecule has 9 heteroatoms. The van der Waals surface area contributed by atoms with Gasteiger partial charge in [-0.15, -0.1) is 24.0 Å². The van der Waals surface area contributed by atoms with Crippen molar-refractivity contribution >= 4 is 41.5 Å². The number of alkyl halides is 3. The summed E-state index contributed by atoms with van der Waals surface area (Å²) in [4.78, 5) is 6.36. The van der Waals surface area contributed by atoms with E-state index in [1.807, 2.05) is 24.3 Å². The van der Waals surface area contributed by atoms with Crippen LogP contribution in [-0.4, -0.2) is 50.3 Å². The second kappa shape index (κ2) is 11.2. The monoisotopic (exact) mass is 504 g/mol. The van der Waals surface area contributed by atoms with Crippen LogP contribution in [0.1, 0.15) is 30.9 Å². The Balaban J connectivity index is 0.00000338. The summed E-state index contributed by atoms with van der Waals surface area (Å²) in [6.45, 7) is 2.35. The SMILES string of the molecule is CN=C(NCCC(F)(F)F)NCC(c1cccc(Cl)c1)N1CCCC1.I. The lowest BCUT2D eigenvalue weighted by atomic mass is 10.1. The molecular formula is C17H25ClF3IN4. The van der Waals surface area contributed by atoms with Crippen LogP contribution in [0.3, 0.4) is 0 Å². The molecule has 1 heterocycles. The van der Waals surface area contributed by atoms with Crippen LogP contribution in [0.5, 0.6) is 0 Å². The molecular weight excluding hydrogens is 480 g/mol. The third-order valence-electron chi connectivity index (χ3n) is 4.20. The van der Waals surface area contributed by atoms with Gasteiger partial charge in [-0.05, 0) is 43.6 Å². The van der Waals surface area contributed by atoms with Gasteiger partial charge in [-0.2, -0.15) is 13.2 Å². The molecule has 0 bridgehead atoms. The number of nitrogens with zero attached hydrogens (tertiary/aromatic N) is 2. The van der Waals surface area contributed by atoms with E-state index in [0.29, 0.717) is 17.5 Å². The fraction of sp³-hybridized carbons (Fsp3) is 0.588. The van der Waals surface area contributed by atoms with E-state index in [-0.39, 0.29) is 36.6 Å². The van der Waals surface area contributed by atoms with Gasteiger partial charge >= 0.3 is 6.18 Å². The molecule has 1 saturated heterocycles. The van der Waals surface area contributed by atoms with Crippen molar-refractivity contribution in [1.29, 1.82) is 0 Å². The first-order chi connectivity index (χ1) is 11.9. The average Bonchev–Trinajstić information content (AvgIpc) is 3.06. The molecule has 1 aromatic rings. The normalized spacial score (nSPS) is 16.9. The largest absolute Gasteiger partial charge is 0.390 e. The Hall–Kier alpha value is -0.740. The van der Waals surface area contributed by atoms with Gasteiger partial charge < -0.3 is 10.6 Å². The molecule has 0 aliphatic carbocycles. The van der Waals surface area contributed by atoms with Crippen molar-refractivity contribution in [3.05, 3.63) is 34.9 Å². The zero-order chi connectivity index (χ0) is 18.3. The summed E-state index contributed by atoms with van der Waals surface area (Å²) in [5, 5.41) is 6.52. The van der Waals surface area contributed by atoms with Crippen LogP contribution >= 0.6 is 35.6 Å². The highest BCUT2D eigenvalue weighted by Crippen LogP contribution is 2.26. The highest BCUT2D eigenvalue weighted by atomic mass is 127. The predicted molar refractivity (Wildman–Crippen MR) is 110 cm³/mol. The first kappa shape index (κ1) is 23.3. The van der Waals surface area contributed by atoms with Crippen LogP contribution in [-0.2, 0) is 0 Å². The van der Waals surface area contributed by atoms with E-state index in [9.17, 15) is 13.2 Å². The molecule has 2 N–H and O–H groups in total. The molecule has 0 spiro atoms. The molecule has 0 saturated carbocycles. The fourth-order valence-electron chi connectivity index (χ4n) is 2.96. The molecule has 148 valence electrons. The summed E-state index contributed by atoms with van der Waals surface area (Å²) in [5.41, 5.74) is 1.09. The van der Waals surface area contributed by atoms with Gasteiger partial charge in [0.05, 0.1) is 12.5 Å². The van der Waals surface area contributed by atoms with Crippen LogP contribution in [0, 0.1) is 0 Å². The van der Waals surface area contributed by atoms with E-state index in [2.05, 4.69) is 20.5 Å². The zero-order valence-corrected chi connectivity index (χ0v) is 17.7. The molecule has 0 radical (unpaired) electrons. The van der Waals surface area contributed by atoms with E-state index in [4.69, 9.17) is 11.6 Å². The first-order valence-corrected chi connectivity index (χ1v) is 8.77. The van der Waals surface area contributed by atoms with E-state index in [1.165, 1.54) is 0 Å². The Bertz CT molecular complexity index is 577. The summed E-state index contributed by atoms with van der Waals surface area (Å²) >= 11 is 6.12. The summed E-state index contributed by atoms with van der Waals surface area (Å²) in [6, 6.07) is 7.80. The number of hydrogen-bond donors (Lipinski definition) is 2. The number of hydrogen-bond acceptors (Lipinski definition) is 2. The van der Waals surface area contributed by atoms with Crippen LogP contribution < -0.4 is 10.6 Å². The highest BCUT2D eigenvalue weighted by Gasteiger charge is 2.27. The number of benzene rings is 1. The van der Waals surface area contributed by atoms with E-state index in [0.717, 1.165) is 31.5 Å². The smallest absolute Gasteiger partial charge is 0.356 e. The van der Waals surface area contributed by atoms with Crippen molar-refractivity contribution in [2.45, 2.75) is 31.5 Å². The Morgan fingerprint density at radius 1 is 1.27 bits per heavy atom. The number of aliphatic imine (C=N–C) groups is 1. The molecule has 2 rings (SSSR count). The van der Waals surface area contributed by atoms with Gasteiger partial charge in [0.25, 0.3) is 0 Å². The zero-order valence-electron chi connectivity index (χ0n) is 14.7. The van der Waals surface area contributed by atoms with Gasteiger partial charge in [0.15, 0.2) is 5.96 Å². The summed E-state index contributed by atoms with van der Waals surface area (Å²) in [6.07, 6.45) is -2.77. The third kappa shape index (κ3) is 7.87. The topological polar surface area (TPSA) is 39.7 Å². The maximum Gasteiger partial charge on any atom is 0.390 e. The van der Waals surface area contributed by atoms with Crippen molar-refractivity contribution in [2.75, 3.05) is 33.2 Å². The highest BCUT2D eigenvalue weighted by molar-refractivity contribution is 14.0. The Morgan fingerprint density at radius 2 is 1.96 bits per heavy atom. The van der Waals surface area contributed by atoms with Gasteiger partial charge in [0, 0.05) is 25.2 Å². The van der Waals surface area contributed by atoms with Gasteiger partial charge in [0.1, 0.15) is 0 Å². The Labute approximate surface area is 174 Å². The van der Waals surface area contributed by atoms with Gasteiger partial charge in [-0.3, -0.25) is 9.89 Å². The van der Waals surface area contributed by atoms with Crippen molar-refractivity contribution in [2.24, 2.45) is 4.99 Å². The minimum atomic E-state index is -4.18. The number of likely N-dealkylation sites (tertiary alicyclic amines) is 1. The molecule has 1 aliphatic heterocycles. The molecule has 1 unspecified atom stereocenters. The van der Waals surface area contributed by atoms with Crippen LogP contribution in [0.4, 0.5) is 13.2 Å². The summed E-state index contributed by atoms with van der Waals surface area (Å²) < 4.78 is 36.8. The average molecular weight is 505 g/mol. The molecule has 0 amide bonds. The molecule has 4 nitrogen and oxygen atoms in total. The fourth-order valence-corrected chi connectivity index (χ4v) is 3.16. The van der Waals surface area contributed by atoms with Crippen molar-refractivity contribution < 1.29 is 13.2 Å². The van der Waals surface area contributed by atoms with E-state index < -0.39 is 12.6 Å². The van der Waals surface area contributed by atoms with Crippen LogP contribution in [0.15, 0.2) is 29.3 Å². The second-order valence-electron chi connectivity index (χ2n) is 6.06. The molecule has 1 fully saturated rings.